The van der Waals surface area contributed by atoms with Crippen molar-refractivity contribution in [3.63, 3.8) is 0 Å². The Balaban J connectivity index is 0.000000115. The predicted molar refractivity (Wildman–Crippen MR) is 344 cm³/mol. The highest BCUT2D eigenvalue weighted by Gasteiger charge is 2.32. The monoisotopic (exact) mass is 1100 g/mol. The first-order valence-electron chi connectivity index (χ1n) is 34.4. The number of fused-ring (bicyclic) bond motifs is 12. The zero-order chi connectivity index (χ0) is 66.4. The fourth-order valence-electron chi connectivity index (χ4n) is 12.7. The van der Waals surface area contributed by atoms with Crippen molar-refractivity contribution in [1.82, 2.24) is 0 Å². The molecule has 8 aromatic carbocycles. The third-order valence-electron chi connectivity index (χ3n) is 16.8. The maximum Gasteiger partial charge on any atom is 0.216 e. The van der Waals surface area contributed by atoms with Crippen molar-refractivity contribution < 1.29 is 33.3 Å². The summed E-state index contributed by atoms with van der Waals surface area (Å²) in [6, 6.07) is 81.1. The van der Waals surface area contributed by atoms with Crippen LogP contribution in [0.1, 0.15) is 85.9 Å². The van der Waals surface area contributed by atoms with Gasteiger partial charge in [-0.2, -0.15) is 18.3 Å². The Bertz CT molecular complexity index is 4810. The fraction of sp³-hybridized carbons (Fsp3) is 0.150. The molecule has 4 heteroatoms. The number of benzene rings is 8. The van der Waals surface area contributed by atoms with Gasteiger partial charge < -0.3 is 0 Å². The van der Waals surface area contributed by atoms with Gasteiger partial charge in [-0.3, -0.25) is 0 Å². The molecule has 12 aromatic rings. The number of aromatic nitrogens is 4. The fourth-order valence-corrected chi connectivity index (χ4v) is 12.7. The molecule has 0 radical (unpaired) electrons. The normalized spacial score (nSPS) is 14.6. The second-order valence-electron chi connectivity index (χ2n) is 21.7. The van der Waals surface area contributed by atoms with Gasteiger partial charge in [-0.05, 0) is 107 Å². The van der Waals surface area contributed by atoms with E-state index in [-0.39, 0.29) is 12.8 Å². The highest BCUT2D eigenvalue weighted by molar-refractivity contribution is 5.78. The second-order valence-corrected chi connectivity index (χ2v) is 21.7. The molecule has 4 nitrogen and oxygen atoms in total. The van der Waals surface area contributed by atoms with Crippen molar-refractivity contribution in [2.24, 2.45) is 0 Å². The van der Waals surface area contributed by atoms with Gasteiger partial charge in [-0.1, -0.05) is 203 Å². The van der Waals surface area contributed by atoms with Gasteiger partial charge in [0.2, 0.25) is 22.8 Å². The molecule has 0 N–H and O–H groups in total. The Labute approximate surface area is 512 Å². The Kier molecular flexibility index (Phi) is 11.9. The van der Waals surface area contributed by atoms with Crippen LogP contribution in [0.15, 0.2) is 261 Å². The van der Waals surface area contributed by atoms with Crippen molar-refractivity contribution in [1.29, 1.82) is 0 Å². The van der Waals surface area contributed by atoms with Crippen LogP contribution in [0.25, 0.3) is 89.5 Å². The van der Waals surface area contributed by atoms with Gasteiger partial charge in [-0.25, -0.2) is 0 Å². The third-order valence-corrected chi connectivity index (χ3v) is 16.8. The highest BCUT2D eigenvalue weighted by Crippen LogP contribution is 2.37. The summed E-state index contributed by atoms with van der Waals surface area (Å²) in [6.07, 6.45) is 5.09. The van der Waals surface area contributed by atoms with Crippen LogP contribution in [0, 0.1) is 13.8 Å². The van der Waals surface area contributed by atoms with Crippen LogP contribution in [-0.4, -0.2) is 0 Å². The van der Waals surface area contributed by atoms with Gasteiger partial charge in [-0.15, -0.1) is 0 Å². The van der Waals surface area contributed by atoms with Crippen LogP contribution in [0.3, 0.4) is 0 Å². The minimum absolute atomic E-state index is 0.0685. The molecule has 4 aromatic heterocycles. The molecule has 408 valence electrons. The molecular weight excluding hydrogens is 1020 g/mol. The van der Waals surface area contributed by atoms with Crippen LogP contribution in [-0.2, 0) is 45.4 Å². The van der Waals surface area contributed by atoms with Gasteiger partial charge in [0.15, 0.2) is 50.5 Å². The van der Waals surface area contributed by atoms with Crippen LogP contribution in [0.4, 0.5) is 0 Å². The molecule has 0 saturated heterocycles. The van der Waals surface area contributed by atoms with Crippen LogP contribution in [0.2, 0.25) is 0 Å². The zero-order valence-electron chi connectivity index (χ0n) is 58.4. The lowest BCUT2D eigenvalue weighted by Gasteiger charge is -2.10. The minimum Gasteiger partial charge on any atom is -0.194 e. The molecule has 16 rings (SSSR count). The first kappa shape index (κ1) is 42.2. The molecule has 0 unspecified atom stereocenters. The molecule has 0 saturated carbocycles. The number of aryl methyl sites for hydroxylation is 3. The maximum atomic E-state index is 8.08. The summed E-state index contributed by atoms with van der Waals surface area (Å²) in [5.74, 6) is 0. The van der Waals surface area contributed by atoms with E-state index < -0.39 is 26.9 Å². The number of pyridine rings is 4. The lowest BCUT2D eigenvalue weighted by atomic mass is 9.94. The van der Waals surface area contributed by atoms with E-state index >= 15 is 0 Å². The summed E-state index contributed by atoms with van der Waals surface area (Å²) in [6.45, 7) is 0.904. The lowest BCUT2D eigenvalue weighted by molar-refractivity contribution is -0.679. The third kappa shape index (κ3) is 10.3. The standard InChI is InChI=1S/4C20H18N/c1-14-7-3-5-9-17(14)18-11-12-21-13-16-8-4-6-10-19(16)20(21)15(18)2;1-2-15-7-3-5-9-18(15)17-11-12-20-19-10-6-4-8-16(19)13-21(20)14-17;1-2-15-12-20-18-11-7-6-10-17(18)13-21(20)14-19(15)16-8-4-3-5-9-16;1-2-19-18(15-8-4-3-5-9-15)12-13-20-17-11-7-6-10-16(17)14-21(19)20/h3-12H,13H2,1-2H3;2*3-12,14H,2,13H2,1H3;3-13H,2,14H2,1H3/q4*+1/i1D3;2D2;2*1D3. The van der Waals surface area contributed by atoms with Gasteiger partial charge in [0.25, 0.3) is 0 Å². The maximum absolute atomic E-state index is 8.08. The number of hydrogen-bond acceptors (Lipinski definition) is 0. The number of nitrogens with zero attached hydrogens (tertiary/aromatic N) is 4. The Morgan fingerprint density at radius 2 is 0.905 bits per heavy atom. The van der Waals surface area contributed by atoms with Crippen molar-refractivity contribution in [3.05, 3.63) is 311 Å². The SMILES string of the molecule is [2H]C([2H])(C)c1ccccc1-c1ccc2[n+](c1)Cc1ccccc1-2.[2H]C([2H])([2H])Cc1c(-c2ccccc2)ccc2[n+]1Cc1ccccc1-2.[2H]C([2H])([2H])Cc1cc2[n+](cc1-c1ccccc1)Cc1ccccc1-2.[2H]C([2H])([2H])c1ccccc1-c1cc[n+]2c(c1C)-c1ccccc1C2. The number of rotatable bonds is 7. The van der Waals surface area contributed by atoms with Gasteiger partial charge in [0.1, 0.15) is 0 Å². The second kappa shape index (κ2) is 23.7. The highest BCUT2D eigenvalue weighted by atomic mass is 15.0. The van der Waals surface area contributed by atoms with Crippen molar-refractivity contribution >= 4 is 0 Å². The van der Waals surface area contributed by atoms with E-state index in [0.717, 1.165) is 104 Å². The number of hydrogen-bond donors (Lipinski definition) is 0. The van der Waals surface area contributed by atoms with E-state index in [0.29, 0.717) is 5.56 Å². The summed E-state index contributed by atoms with van der Waals surface area (Å²) in [5.41, 5.74) is 26.7. The Morgan fingerprint density at radius 1 is 0.381 bits per heavy atom. The lowest BCUT2D eigenvalue weighted by Crippen LogP contribution is -2.37. The average Bonchev–Trinajstić information content (AvgIpc) is 1.69. The first-order valence-corrected chi connectivity index (χ1v) is 28.9. The largest absolute Gasteiger partial charge is 0.216 e. The van der Waals surface area contributed by atoms with Crippen molar-refractivity contribution in [2.75, 3.05) is 0 Å². The van der Waals surface area contributed by atoms with Crippen molar-refractivity contribution in [2.45, 2.75) is 79.8 Å². The first-order chi connectivity index (χ1) is 45.5. The van der Waals surface area contributed by atoms with E-state index in [1.54, 1.807) is 19.1 Å². The van der Waals surface area contributed by atoms with Crippen LogP contribution in [0.5, 0.6) is 0 Å². The molecule has 0 amide bonds. The minimum atomic E-state index is -2.12. The van der Waals surface area contributed by atoms with Gasteiger partial charge >= 0.3 is 0 Å². The van der Waals surface area contributed by atoms with Crippen LogP contribution < -0.4 is 18.3 Å². The predicted octanol–water partition coefficient (Wildman–Crippen LogP) is 17.0. The molecule has 0 bridgehead atoms. The Hall–Kier alpha value is -9.64. The molecule has 0 fully saturated rings. The molecule has 4 aliphatic rings. The molecular formula is C80H72N4+4. The van der Waals surface area contributed by atoms with E-state index in [1.165, 1.54) is 55.9 Å². The van der Waals surface area contributed by atoms with E-state index in [4.69, 9.17) is 15.1 Å². The summed E-state index contributed by atoms with van der Waals surface area (Å²) >= 11 is 0. The molecule has 0 spiro atoms. The van der Waals surface area contributed by atoms with Gasteiger partial charge in [0, 0.05) is 90.3 Å². The topological polar surface area (TPSA) is 15.5 Å². The van der Waals surface area contributed by atoms with E-state index in [2.05, 4.69) is 147 Å². The quantitative estimate of drug-likeness (QED) is 0.141. The molecule has 0 atom stereocenters. The van der Waals surface area contributed by atoms with E-state index in [9.17, 15) is 0 Å². The van der Waals surface area contributed by atoms with Crippen molar-refractivity contribution in [3.8, 4) is 89.5 Å². The molecule has 84 heavy (non-hydrogen) atoms. The smallest absolute Gasteiger partial charge is 0.194 e. The zero-order valence-corrected chi connectivity index (χ0v) is 47.4. The van der Waals surface area contributed by atoms with E-state index in [1.807, 2.05) is 127 Å². The Morgan fingerprint density at radius 3 is 1.57 bits per heavy atom. The summed E-state index contributed by atoms with van der Waals surface area (Å²) < 4.78 is 94.9. The molecule has 8 heterocycles. The van der Waals surface area contributed by atoms with Gasteiger partial charge in [0.05, 0.1) is 22.3 Å². The average molecular weight is 1100 g/mol. The summed E-state index contributed by atoms with van der Waals surface area (Å²) in [7, 11) is 0. The molecule has 0 aliphatic carbocycles. The molecule has 4 aliphatic heterocycles. The summed E-state index contributed by atoms with van der Waals surface area (Å²) in [5, 5.41) is 0. The van der Waals surface area contributed by atoms with Crippen LogP contribution >= 0.6 is 0 Å². The summed E-state index contributed by atoms with van der Waals surface area (Å²) in [4.78, 5) is 0.